The van der Waals surface area contributed by atoms with Crippen LogP contribution in [0.5, 0.6) is 11.5 Å². The molecule has 3 aromatic rings. The molecule has 1 aromatic heterocycles. The summed E-state index contributed by atoms with van der Waals surface area (Å²) in [4.78, 5) is 15.6. The van der Waals surface area contributed by atoms with Crippen molar-refractivity contribution in [1.29, 1.82) is 0 Å². The van der Waals surface area contributed by atoms with E-state index < -0.39 is 0 Å². The van der Waals surface area contributed by atoms with Gasteiger partial charge in [0.2, 0.25) is 5.91 Å². The van der Waals surface area contributed by atoms with Crippen LogP contribution in [0.25, 0.3) is 0 Å². The van der Waals surface area contributed by atoms with Gasteiger partial charge < -0.3 is 10.1 Å². The molecule has 0 atom stereocenters. The fourth-order valence-electron chi connectivity index (χ4n) is 2.02. The first-order chi connectivity index (χ1) is 11.7. The molecule has 1 heterocycles. The standard InChI is InChI=1S/C17H16N4O2S/c18-21-16(22)10-13-11-24-17(20-13)19-12-6-8-15(9-7-12)23-14-4-2-1-3-5-14/h1-9,11H,10,18H2,(H,19,20)(H,21,22). The van der Waals surface area contributed by atoms with Gasteiger partial charge in [-0.1, -0.05) is 18.2 Å². The molecular weight excluding hydrogens is 324 g/mol. The predicted octanol–water partition coefficient (Wildman–Crippen LogP) is 3.21. The first-order valence-corrected chi connectivity index (χ1v) is 8.15. The van der Waals surface area contributed by atoms with Gasteiger partial charge in [0.25, 0.3) is 0 Å². The van der Waals surface area contributed by atoms with Crippen LogP contribution in [0.2, 0.25) is 0 Å². The molecule has 0 bridgehead atoms. The molecule has 3 rings (SSSR count). The van der Waals surface area contributed by atoms with Crippen molar-refractivity contribution in [2.24, 2.45) is 5.84 Å². The van der Waals surface area contributed by atoms with E-state index in [0.717, 1.165) is 17.2 Å². The quantitative estimate of drug-likeness (QED) is 0.364. The fraction of sp³-hybridized carbons (Fsp3) is 0.0588. The zero-order valence-corrected chi connectivity index (χ0v) is 13.5. The summed E-state index contributed by atoms with van der Waals surface area (Å²) in [7, 11) is 0. The van der Waals surface area contributed by atoms with Crippen molar-refractivity contribution in [3.8, 4) is 11.5 Å². The highest BCUT2D eigenvalue weighted by molar-refractivity contribution is 7.13. The van der Waals surface area contributed by atoms with E-state index in [2.05, 4.69) is 15.7 Å². The number of hydrazine groups is 1. The Kier molecular flexibility index (Phi) is 5.05. The average Bonchev–Trinajstić information content (AvgIpc) is 3.04. The molecule has 0 aliphatic carbocycles. The number of nitrogens with one attached hydrogen (secondary N) is 2. The van der Waals surface area contributed by atoms with E-state index in [0.29, 0.717) is 10.8 Å². The van der Waals surface area contributed by atoms with E-state index in [1.165, 1.54) is 11.3 Å². The number of rotatable bonds is 6. The number of benzene rings is 2. The molecule has 24 heavy (non-hydrogen) atoms. The van der Waals surface area contributed by atoms with E-state index in [9.17, 15) is 4.79 Å². The minimum absolute atomic E-state index is 0.165. The monoisotopic (exact) mass is 340 g/mol. The molecule has 0 saturated carbocycles. The van der Waals surface area contributed by atoms with E-state index in [1.807, 2.05) is 60.0 Å². The van der Waals surface area contributed by atoms with Crippen molar-refractivity contribution >= 4 is 28.1 Å². The predicted molar refractivity (Wildman–Crippen MR) is 94.4 cm³/mol. The fourth-order valence-corrected chi connectivity index (χ4v) is 2.75. The van der Waals surface area contributed by atoms with Crippen LogP contribution < -0.4 is 21.3 Å². The maximum absolute atomic E-state index is 11.2. The lowest BCUT2D eigenvalue weighted by molar-refractivity contribution is -0.120. The number of hydrogen-bond acceptors (Lipinski definition) is 6. The molecule has 0 aliphatic rings. The third-order valence-electron chi connectivity index (χ3n) is 3.14. The van der Waals surface area contributed by atoms with Gasteiger partial charge in [0, 0.05) is 11.1 Å². The number of nitrogens with zero attached hydrogens (tertiary/aromatic N) is 1. The van der Waals surface area contributed by atoms with Crippen LogP contribution in [-0.4, -0.2) is 10.9 Å². The Morgan fingerprint density at radius 1 is 1.08 bits per heavy atom. The van der Waals surface area contributed by atoms with Crippen molar-refractivity contribution in [2.45, 2.75) is 6.42 Å². The van der Waals surface area contributed by atoms with Gasteiger partial charge in [0.1, 0.15) is 11.5 Å². The van der Waals surface area contributed by atoms with Crippen LogP contribution in [0.1, 0.15) is 5.69 Å². The number of thiazole rings is 1. The molecule has 122 valence electrons. The maximum Gasteiger partial charge on any atom is 0.239 e. The molecule has 0 unspecified atom stereocenters. The zero-order chi connectivity index (χ0) is 16.8. The summed E-state index contributed by atoms with van der Waals surface area (Å²) in [5.41, 5.74) is 3.65. The number of nitrogens with two attached hydrogens (primary N) is 1. The van der Waals surface area contributed by atoms with Gasteiger partial charge in [-0.05, 0) is 36.4 Å². The van der Waals surface area contributed by atoms with Gasteiger partial charge in [-0.2, -0.15) is 0 Å². The van der Waals surface area contributed by atoms with Gasteiger partial charge in [0.05, 0.1) is 12.1 Å². The Hall–Kier alpha value is -2.90. The van der Waals surface area contributed by atoms with Crippen LogP contribution in [-0.2, 0) is 11.2 Å². The van der Waals surface area contributed by atoms with Crippen LogP contribution in [0, 0.1) is 0 Å². The second kappa shape index (κ2) is 7.58. The summed E-state index contributed by atoms with van der Waals surface area (Å²) in [6.45, 7) is 0. The molecule has 4 N–H and O–H groups in total. The molecule has 7 heteroatoms. The van der Waals surface area contributed by atoms with E-state index in [-0.39, 0.29) is 12.3 Å². The van der Waals surface area contributed by atoms with E-state index in [4.69, 9.17) is 10.6 Å². The van der Waals surface area contributed by atoms with Crippen LogP contribution in [0.4, 0.5) is 10.8 Å². The third kappa shape index (κ3) is 4.31. The summed E-state index contributed by atoms with van der Waals surface area (Å²) in [5.74, 6) is 6.35. The van der Waals surface area contributed by atoms with Crippen molar-refractivity contribution in [2.75, 3.05) is 5.32 Å². The van der Waals surface area contributed by atoms with Gasteiger partial charge in [-0.15, -0.1) is 11.3 Å². The Labute approximate surface area is 143 Å². The second-order valence-corrected chi connectivity index (χ2v) is 5.81. The van der Waals surface area contributed by atoms with Crippen molar-refractivity contribution in [3.05, 3.63) is 65.7 Å². The summed E-state index contributed by atoms with van der Waals surface area (Å²) in [6, 6.07) is 17.2. The van der Waals surface area contributed by atoms with Crippen LogP contribution in [0.3, 0.4) is 0 Å². The molecule has 1 amide bonds. The molecule has 2 aromatic carbocycles. The lowest BCUT2D eigenvalue weighted by atomic mass is 10.3. The number of ether oxygens (including phenoxy) is 1. The number of carbonyl (C=O) groups excluding carboxylic acids is 1. The van der Waals surface area contributed by atoms with Crippen molar-refractivity contribution in [1.82, 2.24) is 10.4 Å². The van der Waals surface area contributed by atoms with Crippen molar-refractivity contribution in [3.63, 3.8) is 0 Å². The molecule has 0 spiro atoms. The highest BCUT2D eigenvalue weighted by atomic mass is 32.1. The molecule has 0 radical (unpaired) electrons. The molecule has 0 saturated heterocycles. The van der Waals surface area contributed by atoms with Crippen LogP contribution >= 0.6 is 11.3 Å². The minimum Gasteiger partial charge on any atom is -0.457 e. The lowest BCUT2D eigenvalue weighted by Gasteiger charge is -2.07. The molecule has 6 nitrogen and oxygen atoms in total. The largest absolute Gasteiger partial charge is 0.457 e. The number of para-hydroxylation sites is 1. The van der Waals surface area contributed by atoms with Gasteiger partial charge in [-0.25, -0.2) is 10.8 Å². The first kappa shape index (κ1) is 16.0. The first-order valence-electron chi connectivity index (χ1n) is 7.27. The lowest BCUT2D eigenvalue weighted by Crippen LogP contribution is -2.31. The van der Waals surface area contributed by atoms with E-state index >= 15 is 0 Å². The molecular formula is C17H16N4O2S. The normalized spacial score (nSPS) is 10.2. The average molecular weight is 340 g/mol. The highest BCUT2D eigenvalue weighted by Gasteiger charge is 2.07. The Bertz CT molecular complexity index is 803. The molecule has 0 aliphatic heterocycles. The van der Waals surface area contributed by atoms with E-state index in [1.54, 1.807) is 0 Å². The van der Waals surface area contributed by atoms with Gasteiger partial charge >= 0.3 is 0 Å². The number of hydrogen-bond donors (Lipinski definition) is 3. The Morgan fingerprint density at radius 3 is 2.50 bits per heavy atom. The number of amides is 1. The summed E-state index contributed by atoms with van der Waals surface area (Å²) >= 11 is 1.43. The Morgan fingerprint density at radius 2 is 1.79 bits per heavy atom. The Balaban J connectivity index is 1.61. The van der Waals surface area contributed by atoms with Gasteiger partial charge in [0.15, 0.2) is 5.13 Å². The van der Waals surface area contributed by atoms with Crippen LogP contribution in [0.15, 0.2) is 60.0 Å². The zero-order valence-electron chi connectivity index (χ0n) is 12.7. The summed E-state index contributed by atoms with van der Waals surface area (Å²) in [5, 5.41) is 5.73. The highest BCUT2D eigenvalue weighted by Crippen LogP contribution is 2.25. The number of carbonyl (C=O) groups is 1. The maximum atomic E-state index is 11.2. The smallest absolute Gasteiger partial charge is 0.239 e. The van der Waals surface area contributed by atoms with Gasteiger partial charge in [-0.3, -0.25) is 10.2 Å². The second-order valence-electron chi connectivity index (χ2n) is 4.95. The van der Waals surface area contributed by atoms with Crippen molar-refractivity contribution < 1.29 is 9.53 Å². The topological polar surface area (TPSA) is 89.3 Å². The number of aromatic nitrogens is 1. The third-order valence-corrected chi connectivity index (χ3v) is 3.95. The summed E-state index contributed by atoms with van der Waals surface area (Å²) < 4.78 is 5.75. The summed E-state index contributed by atoms with van der Waals surface area (Å²) in [6.07, 6.45) is 0.165. The number of anilines is 2. The minimum atomic E-state index is -0.269. The SMILES string of the molecule is NNC(=O)Cc1csc(Nc2ccc(Oc3ccccc3)cc2)n1. The molecule has 0 fully saturated rings.